The van der Waals surface area contributed by atoms with E-state index in [4.69, 9.17) is 0 Å². The molecule has 0 radical (unpaired) electrons. The van der Waals surface area contributed by atoms with Gasteiger partial charge in [-0.15, -0.1) is 0 Å². The maximum atomic E-state index is 3.88. The van der Waals surface area contributed by atoms with Gasteiger partial charge in [0.1, 0.15) is 0 Å². The van der Waals surface area contributed by atoms with E-state index in [0.717, 1.165) is 0 Å². The fraction of sp³-hybridized carbons (Fsp3) is 0.273. The van der Waals surface area contributed by atoms with Crippen molar-refractivity contribution in [3.63, 3.8) is 0 Å². The number of hydrogen-bond acceptors (Lipinski definition) is 1. The molecule has 2 aromatic rings. The maximum absolute atomic E-state index is 3.88. The quantitative estimate of drug-likeness (QED) is 0.664. The van der Waals surface area contributed by atoms with Crippen LogP contribution in [0, 0.1) is 6.92 Å². The van der Waals surface area contributed by atoms with Crippen LogP contribution in [-0.4, -0.2) is 13.1 Å². The molecule has 0 unspecified atom stereocenters. The fourth-order valence-electron chi connectivity index (χ4n) is 3.21. The summed E-state index contributed by atoms with van der Waals surface area (Å²) in [7, 11) is 0. The summed E-state index contributed by atoms with van der Waals surface area (Å²) in [4.78, 5) is 2.50. The highest BCUT2D eigenvalue weighted by atomic mass is 15.1. The molecule has 0 saturated carbocycles. The molecular weight excluding hydrogens is 278 g/mol. The van der Waals surface area contributed by atoms with E-state index in [1.54, 1.807) is 0 Å². The van der Waals surface area contributed by atoms with Crippen LogP contribution in [0.15, 0.2) is 67.3 Å². The summed E-state index contributed by atoms with van der Waals surface area (Å²) in [5, 5.41) is 0. The van der Waals surface area contributed by atoms with Gasteiger partial charge in [-0.1, -0.05) is 60.7 Å². The van der Waals surface area contributed by atoms with Crippen molar-refractivity contribution < 1.29 is 0 Å². The standard InChI is InChI=1S/C22H25N/c1-3-7-22(19-10-8-18(2)9-11-19)20-12-14-21(15-13-20)23-16-5-4-6-17-23/h3,7-15H,1,4-6,16-17H2,2H3. The summed E-state index contributed by atoms with van der Waals surface area (Å²) < 4.78 is 0. The van der Waals surface area contributed by atoms with Crippen LogP contribution in [0.3, 0.4) is 0 Å². The van der Waals surface area contributed by atoms with Crippen molar-refractivity contribution in [2.24, 2.45) is 0 Å². The van der Waals surface area contributed by atoms with Crippen LogP contribution in [0.5, 0.6) is 0 Å². The van der Waals surface area contributed by atoms with Crippen molar-refractivity contribution in [3.8, 4) is 0 Å². The third-order valence-corrected chi connectivity index (χ3v) is 4.55. The molecule has 1 nitrogen and oxygen atoms in total. The van der Waals surface area contributed by atoms with Crippen LogP contribution in [-0.2, 0) is 0 Å². The molecular formula is C22H25N. The van der Waals surface area contributed by atoms with Crippen LogP contribution < -0.4 is 4.90 Å². The second-order valence-electron chi connectivity index (χ2n) is 6.28. The molecule has 1 heteroatoms. The Kier molecular flexibility index (Phi) is 4.97. The molecule has 1 saturated heterocycles. The second-order valence-corrected chi connectivity index (χ2v) is 6.28. The summed E-state index contributed by atoms with van der Waals surface area (Å²) in [5.74, 6) is 0. The van der Waals surface area contributed by atoms with E-state index in [1.807, 2.05) is 6.08 Å². The normalized spacial score (nSPS) is 15.5. The smallest absolute Gasteiger partial charge is 0.0366 e. The van der Waals surface area contributed by atoms with Gasteiger partial charge in [0.25, 0.3) is 0 Å². The van der Waals surface area contributed by atoms with Gasteiger partial charge in [-0.25, -0.2) is 0 Å². The van der Waals surface area contributed by atoms with Crippen molar-refractivity contribution in [1.82, 2.24) is 0 Å². The average molecular weight is 303 g/mol. The molecule has 0 amide bonds. The number of anilines is 1. The summed E-state index contributed by atoms with van der Waals surface area (Å²) in [6.07, 6.45) is 7.96. The molecule has 1 heterocycles. The van der Waals surface area contributed by atoms with E-state index in [9.17, 15) is 0 Å². The number of hydrogen-bond donors (Lipinski definition) is 0. The van der Waals surface area contributed by atoms with Crippen LogP contribution in [0.2, 0.25) is 0 Å². The highest BCUT2D eigenvalue weighted by molar-refractivity contribution is 5.81. The zero-order chi connectivity index (χ0) is 16.1. The number of aryl methyl sites for hydroxylation is 1. The molecule has 23 heavy (non-hydrogen) atoms. The molecule has 118 valence electrons. The van der Waals surface area contributed by atoms with Gasteiger partial charge in [-0.05, 0) is 55.0 Å². The first-order valence-corrected chi connectivity index (χ1v) is 8.53. The van der Waals surface area contributed by atoms with E-state index < -0.39 is 0 Å². The largest absolute Gasteiger partial charge is 0.372 e. The Bertz CT molecular complexity index is 671. The van der Waals surface area contributed by atoms with E-state index in [2.05, 4.69) is 73.0 Å². The van der Waals surface area contributed by atoms with Crippen molar-refractivity contribution in [3.05, 3.63) is 84.0 Å². The van der Waals surface area contributed by atoms with Crippen LogP contribution in [0.25, 0.3) is 5.57 Å². The third-order valence-electron chi connectivity index (χ3n) is 4.55. The first kappa shape index (κ1) is 15.6. The summed E-state index contributed by atoms with van der Waals surface area (Å²) >= 11 is 0. The Morgan fingerprint density at radius 1 is 0.870 bits per heavy atom. The van der Waals surface area contributed by atoms with Crippen molar-refractivity contribution in [2.75, 3.05) is 18.0 Å². The predicted octanol–water partition coefficient (Wildman–Crippen LogP) is 5.60. The molecule has 0 aliphatic carbocycles. The molecule has 0 N–H and O–H groups in total. The van der Waals surface area contributed by atoms with E-state index in [-0.39, 0.29) is 0 Å². The van der Waals surface area contributed by atoms with Gasteiger partial charge in [0.15, 0.2) is 0 Å². The Morgan fingerprint density at radius 2 is 1.43 bits per heavy atom. The Morgan fingerprint density at radius 3 is 2.00 bits per heavy atom. The van der Waals surface area contributed by atoms with Gasteiger partial charge in [0.05, 0.1) is 0 Å². The Labute approximate surface area is 140 Å². The minimum Gasteiger partial charge on any atom is -0.372 e. The lowest BCUT2D eigenvalue weighted by atomic mass is 9.96. The molecule has 0 atom stereocenters. The number of piperidine rings is 1. The number of allylic oxidation sites excluding steroid dienone is 2. The van der Waals surface area contributed by atoms with Crippen LogP contribution >= 0.6 is 0 Å². The highest BCUT2D eigenvalue weighted by Crippen LogP contribution is 2.27. The second kappa shape index (κ2) is 7.32. The summed E-state index contributed by atoms with van der Waals surface area (Å²) in [5.41, 5.74) is 6.34. The van der Waals surface area contributed by atoms with Crippen molar-refractivity contribution in [2.45, 2.75) is 26.2 Å². The van der Waals surface area contributed by atoms with Crippen LogP contribution in [0.4, 0.5) is 5.69 Å². The van der Waals surface area contributed by atoms with Gasteiger partial charge in [0.2, 0.25) is 0 Å². The lowest BCUT2D eigenvalue weighted by Gasteiger charge is -2.29. The lowest BCUT2D eigenvalue weighted by molar-refractivity contribution is 0.578. The number of benzene rings is 2. The average Bonchev–Trinajstić information content (AvgIpc) is 2.62. The lowest BCUT2D eigenvalue weighted by Crippen LogP contribution is -2.29. The minimum absolute atomic E-state index is 1.19. The minimum atomic E-state index is 1.19. The molecule has 2 aromatic carbocycles. The van der Waals surface area contributed by atoms with E-state index in [1.165, 1.54) is 60.3 Å². The third kappa shape index (κ3) is 3.73. The van der Waals surface area contributed by atoms with Gasteiger partial charge in [-0.2, -0.15) is 0 Å². The number of nitrogens with zero attached hydrogens (tertiary/aromatic N) is 1. The summed E-state index contributed by atoms with van der Waals surface area (Å²) in [6.45, 7) is 8.37. The van der Waals surface area contributed by atoms with Gasteiger partial charge in [0, 0.05) is 18.8 Å². The first-order valence-electron chi connectivity index (χ1n) is 8.53. The van der Waals surface area contributed by atoms with Crippen molar-refractivity contribution in [1.29, 1.82) is 0 Å². The molecule has 1 aliphatic rings. The Balaban J connectivity index is 1.87. The monoisotopic (exact) mass is 303 g/mol. The molecule has 1 aliphatic heterocycles. The zero-order valence-electron chi connectivity index (χ0n) is 14.0. The van der Waals surface area contributed by atoms with Gasteiger partial charge < -0.3 is 4.90 Å². The first-order chi connectivity index (χ1) is 11.3. The van der Waals surface area contributed by atoms with Crippen molar-refractivity contribution >= 4 is 11.3 Å². The molecule has 0 aromatic heterocycles. The predicted molar refractivity (Wildman–Crippen MR) is 101 cm³/mol. The van der Waals surface area contributed by atoms with Gasteiger partial charge in [-0.3, -0.25) is 0 Å². The fourth-order valence-corrected chi connectivity index (χ4v) is 3.21. The van der Waals surface area contributed by atoms with E-state index >= 15 is 0 Å². The topological polar surface area (TPSA) is 3.24 Å². The zero-order valence-corrected chi connectivity index (χ0v) is 14.0. The summed E-state index contributed by atoms with van der Waals surface area (Å²) in [6, 6.07) is 17.7. The molecule has 1 fully saturated rings. The SMILES string of the molecule is C=CC=C(c1ccc(C)cc1)c1ccc(N2CCCCC2)cc1. The number of rotatable bonds is 4. The van der Waals surface area contributed by atoms with Gasteiger partial charge >= 0.3 is 0 Å². The molecule has 3 rings (SSSR count). The maximum Gasteiger partial charge on any atom is 0.0366 e. The Hall–Kier alpha value is -2.28. The molecule has 0 bridgehead atoms. The van der Waals surface area contributed by atoms with E-state index in [0.29, 0.717) is 0 Å². The highest BCUT2D eigenvalue weighted by Gasteiger charge is 2.11. The van der Waals surface area contributed by atoms with Crippen LogP contribution in [0.1, 0.15) is 36.0 Å². The molecule has 0 spiro atoms.